The van der Waals surface area contributed by atoms with E-state index < -0.39 is 0 Å². The van der Waals surface area contributed by atoms with Crippen molar-refractivity contribution in [2.24, 2.45) is 17.8 Å². The van der Waals surface area contributed by atoms with Crippen molar-refractivity contribution in [3.8, 4) is 0 Å². The molecule has 0 aromatic carbocycles. The number of hydrogen-bond acceptors (Lipinski definition) is 1. The van der Waals surface area contributed by atoms with E-state index in [0.29, 0.717) is 6.10 Å². The molecule has 22 heavy (non-hydrogen) atoms. The van der Waals surface area contributed by atoms with Gasteiger partial charge in [0.05, 0.1) is 6.10 Å². The van der Waals surface area contributed by atoms with Gasteiger partial charge in [-0.15, -0.1) is 6.58 Å². The van der Waals surface area contributed by atoms with Crippen LogP contribution in [0.4, 0.5) is 0 Å². The van der Waals surface area contributed by atoms with Gasteiger partial charge in [-0.1, -0.05) is 38.7 Å². The molecule has 0 amide bonds. The lowest BCUT2D eigenvalue weighted by molar-refractivity contribution is 0.00543. The highest BCUT2D eigenvalue weighted by atomic mass is 16.5. The van der Waals surface area contributed by atoms with Crippen LogP contribution in [0.5, 0.6) is 0 Å². The lowest BCUT2D eigenvalue weighted by Crippen LogP contribution is -2.28. The van der Waals surface area contributed by atoms with Crippen molar-refractivity contribution in [3.05, 3.63) is 12.7 Å². The molecule has 0 atom stereocenters. The molecule has 0 spiro atoms. The first-order chi connectivity index (χ1) is 10.8. The zero-order valence-electron chi connectivity index (χ0n) is 14.9. The Balaban J connectivity index is 1.58. The Morgan fingerprint density at radius 2 is 1.55 bits per heavy atom. The lowest BCUT2D eigenvalue weighted by atomic mass is 9.70. The average Bonchev–Trinajstić information content (AvgIpc) is 2.58. The first-order valence-corrected chi connectivity index (χ1v) is 10.1. The van der Waals surface area contributed by atoms with Crippen LogP contribution in [-0.4, -0.2) is 12.7 Å². The number of rotatable bonds is 9. The fourth-order valence-corrected chi connectivity index (χ4v) is 4.63. The van der Waals surface area contributed by atoms with Crippen LogP contribution in [0, 0.1) is 17.8 Å². The Kier molecular flexibility index (Phi) is 8.59. The molecule has 2 rings (SSSR count). The van der Waals surface area contributed by atoms with Gasteiger partial charge in [-0.2, -0.15) is 0 Å². The Bertz CT molecular complexity index is 282. The van der Waals surface area contributed by atoms with Gasteiger partial charge in [-0.3, -0.25) is 0 Å². The summed E-state index contributed by atoms with van der Waals surface area (Å²) in [5, 5.41) is 0. The summed E-state index contributed by atoms with van der Waals surface area (Å²) in [6.45, 7) is 7.12. The molecule has 0 radical (unpaired) electrons. The van der Waals surface area contributed by atoms with Crippen molar-refractivity contribution in [3.63, 3.8) is 0 Å². The van der Waals surface area contributed by atoms with Gasteiger partial charge < -0.3 is 4.74 Å². The SMILES string of the molecule is C=CCC[C@H]1CC[C@H]([C@H]2CC[C@H](OCCCCC)CC2)CC1. The third-order valence-corrected chi connectivity index (χ3v) is 6.16. The molecule has 2 saturated carbocycles. The zero-order valence-corrected chi connectivity index (χ0v) is 14.9. The van der Waals surface area contributed by atoms with Crippen molar-refractivity contribution < 1.29 is 4.74 Å². The standard InChI is InChI=1S/C21H38O/c1-3-5-7-17-22-21-15-13-20(14-16-21)19-11-9-18(10-12-19)8-6-4-2/h4,18-21H,2-3,5-17H2,1H3/t18-,19-,20-,21-. The van der Waals surface area contributed by atoms with Gasteiger partial charge in [0.25, 0.3) is 0 Å². The van der Waals surface area contributed by atoms with Gasteiger partial charge in [0.1, 0.15) is 0 Å². The predicted molar refractivity (Wildman–Crippen MR) is 96.1 cm³/mol. The molecule has 0 bridgehead atoms. The molecular formula is C21H38O. The van der Waals surface area contributed by atoms with E-state index in [2.05, 4.69) is 19.6 Å². The summed E-state index contributed by atoms with van der Waals surface area (Å²) in [6.07, 6.45) is 20.6. The summed E-state index contributed by atoms with van der Waals surface area (Å²) < 4.78 is 6.07. The second-order valence-corrected chi connectivity index (χ2v) is 7.76. The van der Waals surface area contributed by atoms with Gasteiger partial charge in [0, 0.05) is 6.61 Å². The number of hydrogen-bond donors (Lipinski definition) is 0. The lowest BCUT2D eigenvalue weighted by Gasteiger charge is -2.37. The molecule has 0 aromatic heterocycles. The van der Waals surface area contributed by atoms with Crippen molar-refractivity contribution >= 4 is 0 Å². The maximum atomic E-state index is 6.07. The molecule has 2 fully saturated rings. The average molecular weight is 307 g/mol. The van der Waals surface area contributed by atoms with Crippen LogP contribution < -0.4 is 0 Å². The Morgan fingerprint density at radius 3 is 2.14 bits per heavy atom. The highest BCUT2D eigenvalue weighted by Crippen LogP contribution is 2.41. The van der Waals surface area contributed by atoms with Gasteiger partial charge >= 0.3 is 0 Å². The van der Waals surface area contributed by atoms with Crippen molar-refractivity contribution in [2.45, 2.75) is 96.5 Å². The first kappa shape index (κ1) is 18.0. The highest BCUT2D eigenvalue weighted by Gasteiger charge is 2.30. The van der Waals surface area contributed by atoms with Gasteiger partial charge in [0.15, 0.2) is 0 Å². The quantitative estimate of drug-likeness (QED) is 0.348. The van der Waals surface area contributed by atoms with E-state index >= 15 is 0 Å². The molecule has 0 aromatic rings. The fraction of sp³-hybridized carbons (Fsp3) is 0.905. The maximum absolute atomic E-state index is 6.07. The van der Waals surface area contributed by atoms with Crippen LogP contribution in [0.25, 0.3) is 0 Å². The van der Waals surface area contributed by atoms with Crippen molar-refractivity contribution in [1.82, 2.24) is 0 Å². The Labute approximate surface area is 138 Å². The minimum atomic E-state index is 0.581. The van der Waals surface area contributed by atoms with Crippen LogP contribution in [-0.2, 0) is 4.74 Å². The Morgan fingerprint density at radius 1 is 0.909 bits per heavy atom. The summed E-state index contributed by atoms with van der Waals surface area (Å²) in [4.78, 5) is 0. The molecule has 0 unspecified atom stereocenters. The summed E-state index contributed by atoms with van der Waals surface area (Å²) >= 11 is 0. The molecule has 1 heteroatoms. The van der Waals surface area contributed by atoms with Crippen LogP contribution in [0.1, 0.15) is 90.4 Å². The van der Waals surface area contributed by atoms with E-state index in [1.54, 1.807) is 0 Å². The van der Waals surface area contributed by atoms with Crippen LogP contribution in [0.3, 0.4) is 0 Å². The predicted octanol–water partition coefficient (Wildman–Crippen LogP) is 6.52. The van der Waals surface area contributed by atoms with E-state index in [1.807, 2.05) is 0 Å². The minimum absolute atomic E-state index is 0.581. The molecule has 2 aliphatic rings. The largest absolute Gasteiger partial charge is 0.378 e. The third kappa shape index (κ3) is 6.07. The molecule has 1 nitrogen and oxygen atoms in total. The Hall–Kier alpha value is -0.300. The van der Waals surface area contributed by atoms with Crippen LogP contribution in [0.15, 0.2) is 12.7 Å². The summed E-state index contributed by atoms with van der Waals surface area (Å²) in [5.41, 5.74) is 0. The van der Waals surface area contributed by atoms with Crippen molar-refractivity contribution in [2.75, 3.05) is 6.61 Å². The second-order valence-electron chi connectivity index (χ2n) is 7.76. The fourth-order valence-electron chi connectivity index (χ4n) is 4.63. The second kappa shape index (κ2) is 10.5. The minimum Gasteiger partial charge on any atom is -0.378 e. The van der Waals surface area contributed by atoms with Crippen molar-refractivity contribution in [1.29, 1.82) is 0 Å². The van der Waals surface area contributed by atoms with Crippen LogP contribution >= 0.6 is 0 Å². The van der Waals surface area contributed by atoms with Crippen LogP contribution in [0.2, 0.25) is 0 Å². The number of ether oxygens (including phenoxy) is 1. The van der Waals surface area contributed by atoms with E-state index in [1.165, 1.54) is 83.5 Å². The molecular weight excluding hydrogens is 268 g/mol. The molecule has 0 saturated heterocycles. The normalized spacial score (nSPS) is 32.8. The summed E-state index contributed by atoms with van der Waals surface area (Å²) in [6, 6.07) is 0. The topological polar surface area (TPSA) is 9.23 Å². The monoisotopic (exact) mass is 306 g/mol. The van der Waals surface area contributed by atoms with E-state index in [4.69, 9.17) is 4.74 Å². The van der Waals surface area contributed by atoms with Gasteiger partial charge in [-0.05, 0) is 75.5 Å². The van der Waals surface area contributed by atoms with E-state index in [9.17, 15) is 0 Å². The third-order valence-electron chi connectivity index (χ3n) is 6.16. The maximum Gasteiger partial charge on any atom is 0.0575 e. The van der Waals surface area contributed by atoms with E-state index in [-0.39, 0.29) is 0 Å². The molecule has 128 valence electrons. The smallest absolute Gasteiger partial charge is 0.0575 e. The van der Waals surface area contributed by atoms with E-state index in [0.717, 1.165) is 24.4 Å². The van der Waals surface area contributed by atoms with Gasteiger partial charge in [0.2, 0.25) is 0 Å². The zero-order chi connectivity index (χ0) is 15.6. The van der Waals surface area contributed by atoms with Gasteiger partial charge in [-0.25, -0.2) is 0 Å². The summed E-state index contributed by atoms with van der Waals surface area (Å²) in [7, 11) is 0. The first-order valence-electron chi connectivity index (χ1n) is 10.1. The number of allylic oxidation sites excluding steroid dienone is 1. The molecule has 0 heterocycles. The summed E-state index contributed by atoms with van der Waals surface area (Å²) in [5.74, 6) is 3.03. The molecule has 0 aliphatic heterocycles. The highest BCUT2D eigenvalue weighted by molar-refractivity contribution is 4.83. The number of unbranched alkanes of at least 4 members (excludes halogenated alkanes) is 2. The molecule has 0 N–H and O–H groups in total. The molecule has 2 aliphatic carbocycles.